The van der Waals surface area contributed by atoms with Crippen LogP contribution in [0.1, 0.15) is 48.5 Å². The summed E-state index contributed by atoms with van der Waals surface area (Å²) in [6, 6.07) is 15.1. The van der Waals surface area contributed by atoms with Crippen LogP contribution in [0.2, 0.25) is 0 Å². The molecule has 0 heterocycles. The van der Waals surface area contributed by atoms with E-state index in [0.29, 0.717) is 12.2 Å². The molecule has 2 aromatic carbocycles. The number of ether oxygens (including phenoxy) is 1. The topological polar surface area (TPSA) is 53.9 Å². The molecule has 144 valence electrons. The van der Waals surface area contributed by atoms with Crippen LogP contribution in [-0.4, -0.2) is 32.8 Å². The van der Waals surface area contributed by atoms with E-state index in [9.17, 15) is 4.79 Å². The number of hydrazone groups is 1. The van der Waals surface area contributed by atoms with Crippen LogP contribution in [0.3, 0.4) is 0 Å². The second kappa shape index (κ2) is 11.0. The van der Waals surface area contributed by atoms with Crippen LogP contribution in [-0.2, 0) is 0 Å². The number of carbonyl (C=O) groups excluding carboxylic acids is 1. The second-order valence-corrected chi connectivity index (χ2v) is 6.59. The minimum atomic E-state index is -0.241. The van der Waals surface area contributed by atoms with Gasteiger partial charge in [0, 0.05) is 30.9 Å². The summed E-state index contributed by atoms with van der Waals surface area (Å²) in [5, 5.41) is 4.08. The first-order chi connectivity index (χ1) is 13.1. The van der Waals surface area contributed by atoms with E-state index < -0.39 is 0 Å². The zero-order chi connectivity index (χ0) is 19.5. The maximum absolute atomic E-state index is 12.2. The lowest BCUT2D eigenvalue weighted by molar-refractivity contribution is 0.0955. The minimum Gasteiger partial charge on any atom is -0.493 e. The molecule has 0 fully saturated rings. The van der Waals surface area contributed by atoms with Crippen molar-refractivity contribution in [2.24, 2.45) is 5.10 Å². The van der Waals surface area contributed by atoms with Crippen LogP contribution in [0, 0.1) is 0 Å². The summed E-state index contributed by atoms with van der Waals surface area (Å²) < 4.78 is 5.85. The summed E-state index contributed by atoms with van der Waals surface area (Å²) in [6.07, 6.45) is 6.27. The molecule has 0 spiro atoms. The molecule has 0 aliphatic rings. The molecular formula is C22H29N3O2. The molecule has 0 aliphatic heterocycles. The quantitative estimate of drug-likeness (QED) is 0.383. The molecule has 2 rings (SSSR count). The fourth-order valence-corrected chi connectivity index (χ4v) is 2.57. The van der Waals surface area contributed by atoms with E-state index in [-0.39, 0.29) is 5.91 Å². The predicted octanol–water partition coefficient (Wildman–Crippen LogP) is 4.48. The molecule has 0 saturated carbocycles. The molecule has 0 saturated heterocycles. The Hall–Kier alpha value is -2.82. The Balaban J connectivity index is 1.90. The maximum atomic E-state index is 12.2. The number of unbranched alkanes of at least 4 members (excludes halogenated alkanes) is 3. The van der Waals surface area contributed by atoms with Crippen molar-refractivity contribution in [3.8, 4) is 5.75 Å². The number of amides is 1. The monoisotopic (exact) mass is 367 g/mol. The highest BCUT2D eigenvalue weighted by Gasteiger charge is 2.05. The predicted molar refractivity (Wildman–Crippen MR) is 112 cm³/mol. The zero-order valence-electron chi connectivity index (χ0n) is 16.4. The second-order valence-electron chi connectivity index (χ2n) is 6.59. The summed E-state index contributed by atoms with van der Waals surface area (Å²) in [4.78, 5) is 14.2. The van der Waals surface area contributed by atoms with Crippen LogP contribution in [0.4, 0.5) is 5.69 Å². The van der Waals surface area contributed by atoms with Crippen molar-refractivity contribution in [2.45, 2.75) is 32.6 Å². The third-order valence-electron chi connectivity index (χ3n) is 4.19. The van der Waals surface area contributed by atoms with Gasteiger partial charge in [0.25, 0.3) is 5.91 Å². The summed E-state index contributed by atoms with van der Waals surface area (Å²) in [5.41, 5.74) is 5.02. The molecule has 5 nitrogen and oxygen atoms in total. The standard InChI is InChI=1S/C22H29N3O2/c1-4-5-6-9-16-27-21-11-8-7-10-19(21)17-23-24-22(26)18-12-14-20(15-13-18)25(2)3/h7-8,10-15,17H,4-6,9,16H2,1-3H3,(H,24,26). The first-order valence-corrected chi connectivity index (χ1v) is 9.44. The molecule has 1 N–H and O–H groups in total. The van der Waals surface area contributed by atoms with Gasteiger partial charge in [-0.25, -0.2) is 5.43 Å². The average molecular weight is 367 g/mol. The summed E-state index contributed by atoms with van der Waals surface area (Å²) in [7, 11) is 3.92. The van der Waals surface area contributed by atoms with Gasteiger partial charge in [-0.3, -0.25) is 4.79 Å². The van der Waals surface area contributed by atoms with Gasteiger partial charge in [-0.2, -0.15) is 5.10 Å². The lowest BCUT2D eigenvalue weighted by atomic mass is 10.2. The van der Waals surface area contributed by atoms with Crippen LogP contribution in [0.25, 0.3) is 0 Å². The van der Waals surface area contributed by atoms with Gasteiger partial charge in [0.15, 0.2) is 0 Å². The minimum absolute atomic E-state index is 0.241. The number of nitrogens with zero attached hydrogens (tertiary/aromatic N) is 2. The molecule has 27 heavy (non-hydrogen) atoms. The zero-order valence-corrected chi connectivity index (χ0v) is 16.4. The number of hydrogen-bond acceptors (Lipinski definition) is 4. The number of carbonyl (C=O) groups is 1. The van der Waals surface area contributed by atoms with E-state index in [2.05, 4.69) is 17.5 Å². The van der Waals surface area contributed by atoms with Gasteiger partial charge < -0.3 is 9.64 Å². The largest absolute Gasteiger partial charge is 0.493 e. The Morgan fingerprint density at radius 3 is 2.52 bits per heavy atom. The van der Waals surface area contributed by atoms with Gasteiger partial charge in [0.2, 0.25) is 0 Å². The molecule has 0 radical (unpaired) electrons. The van der Waals surface area contributed by atoms with E-state index in [1.807, 2.05) is 55.4 Å². The SMILES string of the molecule is CCCCCCOc1ccccc1C=NNC(=O)c1ccc(N(C)C)cc1. The lowest BCUT2D eigenvalue weighted by Gasteiger charge is -2.12. The van der Waals surface area contributed by atoms with Crippen LogP contribution in [0.5, 0.6) is 5.75 Å². The highest BCUT2D eigenvalue weighted by Crippen LogP contribution is 2.16. The molecule has 0 aromatic heterocycles. The van der Waals surface area contributed by atoms with Crippen molar-refractivity contribution in [3.05, 3.63) is 59.7 Å². The van der Waals surface area contributed by atoms with Crippen LogP contribution >= 0.6 is 0 Å². The third kappa shape index (κ3) is 6.77. The Morgan fingerprint density at radius 1 is 1.07 bits per heavy atom. The highest BCUT2D eigenvalue weighted by molar-refractivity contribution is 5.95. The average Bonchev–Trinajstić information content (AvgIpc) is 2.69. The molecule has 0 aliphatic carbocycles. The van der Waals surface area contributed by atoms with Crippen molar-refractivity contribution in [1.29, 1.82) is 0 Å². The Bertz CT molecular complexity index is 739. The van der Waals surface area contributed by atoms with Crippen molar-refractivity contribution in [1.82, 2.24) is 5.43 Å². The van der Waals surface area contributed by atoms with Gasteiger partial charge in [-0.1, -0.05) is 38.3 Å². The summed E-state index contributed by atoms with van der Waals surface area (Å²) >= 11 is 0. The van der Waals surface area contributed by atoms with E-state index in [1.165, 1.54) is 19.3 Å². The van der Waals surface area contributed by atoms with Crippen LogP contribution < -0.4 is 15.1 Å². The normalized spacial score (nSPS) is 10.8. The van der Waals surface area contributed by atoms with E-state index in [4.69, 9.17) is 4.74 Å². The van der Waals surface area contributed by atoms with Crippen molar-refractivity contribution in [3.63, 3.8) is 0 Å². The molecule has 1 amide bonds. The number of rotatable bonds is 10. The molecule has 0 atom stereocenters. The first kappa shape index (κ1) is 20.5. The Kier molecular flexibility index (Phi) is 8.36. The number of anilines is 1. The summed E-state index contributed by atoms with van der Waals surface area (Å²) in [6.45, 7) is 2.88. The van der Waals surface area contributed by atoms with Gasteiger partial charge in [0.05, 0.1) is 12.8 Å². The molecule has 5 heteroatoms. The van der Waals surface area contributed by atoms with Gasteiger partial charge >= 0.3 is 0 Å². The van der Waals surface area contributed by atoms with Crippen molar-refractivity contribution in [2.75, 3.05) is 25.6 Å². The van der Waals surface area contributed by atoms with Gasteiger partial charge in [0.1, 0.15) is 5.75 Å². The van der Waals surface area contributed by atoms with Crippen molar-refractivity contribution >= 4 is 17.8 Å². The lowest BCUT2D eigenvalue weighted by Crippen LogP contribution is -2.18. The Labute approximate surface area is 162 Å². The number of benzene rings is 2. The summed E-state index contributed by atoms with van der Waals surface area (Å²) in [5.74, 6) is 0.539. The highest BCUT2D eigenvalue weighted by atomic mass is 16.5. The maximum Gasteiger partial charge on any atom is 0.271 e. The Morgan fingerprint density at radius 2 is 1.81 bits per heavy atom. The third-order valence-corrected chi connectivity index (χ3v) is 4.19. The fraction of sp³-hybridized carbons (Fsp3) is 0.364. The first-order valence-electron chi connectivity index (χ1n) is 9.44. The fourth-order valence-electron chi connectivity index (χ4n) is 2.57. The van der Waals surface area contributed by atoms with E-state index >= 15 is 0 Å². The smallest absolute Gasteiger partial charge is 0.271 e. The van der Waals surface area contributed by atoms with E-state index in [1.54, 1.807) is 18.3 Å². The van der Waals surface area contributed by atoms with E-state index in [0.717, 1.165) is 23.4 Å². The number of hydrogen-bond donors (Lipinski definition) is 1. The van der Waals surface area contributed by atoms with Gasteiger partial charge in [-0.05, 0) is 42.8 Å². The molecule has 0 bridgehead atoms. The number of para-hydroxylation sites is 1. The van der Waals surface area contributed by atoms with Crippen LogP contribution in [0.15, 0.2) is 53.6 Å². The molecule has 2 aromatic rings. The molecular weight excluding hydrogens is 338 g/mol. The number of nitrogens with one attached hydrogen (secondary N) is 1. The van der Waals surface area contributed by atoms with Gasteiger partial charge in [-0.15, -0.1) is 0 Å². The van der Waals surface area contributed by atoms with Crippen molar-refractivity contribution < 1.29 is 9.53 Å². The molecule has 0 unspecified atom stereocenters.